The maximum absolute atomic E-state index is 11.9. The van der Waals surface area contributed by atoms with Crippen molar-refractivity contribution in [1.82, 2.24) is 20.6 Å². The summed E-state index contributed by atoms with van der Waals surface area (Å²) in [6.45, 7) is 5.62. The molecule has 0 aliphatic carbocycles. The highest BCUT2D eigenvalue weighted by molar-refractivity contribution is 7.80. The number of unbranched alkanes of at least 4 members (excludes halogenated alkanes) is 2. The Labute approximate surface area is 177 Å². The number of hydrogen-bond acceptors (Lipinski definition) is 8. The Morgan fingerprint density at radius 1 is 1.28 bits per heavy atom. The predicted molar refractivity (Wildman–Crippen MR) is 114 cm³/mol. The highest BCUT2D eigenvalue weighted by Crippen LogP contribution is 2.26. The fourth-order valence-electron chi connectivity index (χ4n) is 2.69. The average molecular weight is 423 g/mol. The van der Waals surface area contributed by atoms with Crippen LogP contribution in [0.1, 0.15) is 33.1 Å². The highest BCUT2D eigenvalue weighted by atomic mass is 32.1. The minimum absolute atomic E-state index is 0.245. The standard InChI is InChI=1S/C20H30N4O4S/c1-3-4-7-12-27-14-16(26)13-21-10-11-24(15(2)25)28-19-17-8-5-6-9-18(17)20(29)23-22-19/h5-6,8-9,16,21,26H,3-4,7,10-14H2,1-2H3,(H,23,29). The Kier molecular flexibility index (Phi) is 10.1. The fourth-order valence-corrected chi connectivity index (χ4v) is 2.93. The molecule has 8 nitrogen and oxygen atoms in total. The number of hydroxylamine groups is 2. The first-order valence-corrected chi connectivity index (χ1v) is 10.3. The Morgan fingerprint density at radius 2 is 2.03 bits per heavy atom. The highest BCUT2D eigenvalue weighted by Gasteiger charge is 2.16. The Morgan fingerprint density at radius 3 is 2.76 bits per heavy atom. The van der Waals surface area contributed by atoms with Crippen LogP contribution in [0.5, 0.6) is 5.88 Å². The zero-order valence-electron chi connectivity index (χ0n) is 17.0. The van der Waals surface area contributed by atoms with Gasteiger partial charge >= 0.3 is 0 Å². The maximum Gasteiger partial charge on any atom is 0.273 e. The van der Waals surface area contributed by atoms with Crippen molar-refractivity contribution >= 4 is 29.3 Å². The van der Waals surface area contributed by atoms with E-state index in [1.165, 1.54) is 12.0 Å². The van der Waals surface area contributed by atoms with Gasteiger partial charge in [0.2, 0.25) is 0 Å². The lowest BCUT2D eigenvalue weighted by Gasteiger charge is -2.21. The number of ether oxygens (including phenoxy) is 1. The number of aromatic nitrogens is 2. The van der Waals surface area contributed by atoms with Gasteiger partial charge in [-0.25, -0.2) is 0 Å². The predicted octanol–water partition coefficient (Wildman–Crippen LogP) is 2.22. The number of aliphatic hydroxyl groups excluding tert-OH is 1. The molecule has 2 aromatic rings. The molecule has 0 radical (unpaired) electrons. The van der Waals surface area contributed by atoms with Gasteiger partial charge in [-0.05, 0) is 12.5 Å². The number of rotatable bonds is 13. The molecule has 1 atom stereocenters. The lowest BCUT2D eigenvalue weighted by Crippen LogP contribution is -2.40. The second kappa shape index (κ2) is 12.6. The van der Waals surface area contributed by atoms with Crippen molar-refractivity contribution in [2.24, 2.45) is 0 Å². The van der Waals surface area contributed by atoms with Crippen LogP contribution in [0, 0.1) is 0 Å². The lowest BCUT2D eigenvalue weighted by molar-refractivity contribution is -0.155. The second-order valence-electron chi connectivity index (χ2n) is 6.73. The normalized spacial score (nSPS) is 12.1. The second-order valence-corrected chi connectivity index (χ2v) is 7.15. The molecule has 0 aliphatic rings. The number of amides is 1. The summed E-state index contributed by atoms with van der Waals surface area (Å²) in [6.07, 6.45) is 2.68. The minimum atomic E-state index is -0.596. The van der Waals surface area contributed by atoms with Crippen molar-refractivity contribution in [3.05, 3.63) is 24.3 Å². The Balaban J connectivity index is 1.80. The van der Waals surface area contributed by atoms with Crippen LogP contribution in [0.25, 0.3) is 10.8 Å². The molecule has 29 heavy (non-hydrogen) atoms. The molecule has 0 bridgehead atoms. The summed E-state index contributed by atoms with van der Waals surface area (Å²) in [5.74, 6) is -0.0125. The first-order chi connectivity index (χ1) is 14.0. The van der Waals surface area contributed by atoms with Crippen LogP contribution < -0.4 is 10.2 Å². The van der Waals surface area contributed by atoms with E-state index in [4.69, 9.17) is 9.57 Å². The molecule has 160 valence electrons. The van der Waals surface area contributed by atoms with E-state index >= 15 is 0 Å². The van der Waals surface area contributed by atoms with Crippen LogP contribution in [-0.2, 0) is 9.53 Å². The number of benzene rings is 1. The van der Waals surface area contributed by atoms with Gasteiger partial charge in [-0.15, -0.1) is 22.8 Å². The molecule has 2 rings (SSSR count). The monoisotopic (exact) mass is 422 g/mol. The molecule has 0 aliphatic heterocycles. The van der Waals surface area contributed by atoms with Gasteiger partial charge in [-0.1, -0.05) is 38.0 Å². The maximum atomic E-state index is 11.9. The average Bonchev–Trinajstić information content (AvgIpc) is 2.71. The van der Waals surface area contributed by atoms with E-state index in [1.54, 1.807) is 0 Å². The van der Waals surface area contributed by atoms with Gasteiger partial charge in [-0.3, -0.25) is 4.79 Å². The van der Waals surface area contributed by atoms with E-state index in [2.05, 4.69) is 35.1 Å². The topological polar surface area (TPSA) is 96.8 Å². The number of nitrogens with one attached hydrogen (secondary N) is 1. The van der Waals surface area contributed by atoms with Crippen molar-refractivity contribution in [3.8, 4) is 5.88 Å². The van der Waals surface area contributed by atoms with Crippen molar-refractivity contribution in [3.63, 3.8) is 0 Å². The van der Waals surface area contributed by atoms with E-state index in [1.807, 2.05) is 24.3 Å². The van der Waals surface area contributed by atoms with Crippen LogP contribution in [0.15, 0.2) is 29.3 Å². The van der Waals surface area contributed by atoms with Crippen molar-refractivity contribution in [2.45, 2.75) is 44.2 Å². The Bertz CT molecular complexity index is 777. The molecule has 1 heterocycles. The van der Waals surface area contributed by atoms with Crippen molar-refractivity contribution in [2.75, 3.05) is 32.8 Å². The van der Waals surface area contributed by atoms with Gasteiger partial charge in [0.1, 0.15) is 5.03 Å². The molecule has 1 amide bonds. The third kappa shape index (κ3) is 7.77. The summed E-state index contributed by atoms with van der Waals surface area (Å²) < 4.78 is 5.44. The minimum Gasteiger partial charge on any atom is -0.389 e. The molecular weight excluding hydrogens is 392 g/mol. The van der Waals surface area contributed by atoms with Crippen LogP contribution >= 0.6 is 12.6 Å². The van der Waals surface area contributed by atoms with Gasteiger partial charge < -0.3 is 20.0 Å². The summed E-state index contributed by atoms with van der Waals surface area (Å²) in [5, 5.41) is 24.3. The summed E-state index contributed by atoms with van der Waals surface area (Å²) in [6, 6.07) is 7.44. The summed E-state index contributed by atoms with van der Waals surface area (Å²) in [7, 11) is 0. The molecule has 9 heteroatoms. The molecule has 0 fully saturated rings. The first kappa shape index (κ1) is 23.3. The van der Waals surface area contributed by atoms with E-state index in [-0.39, 0.29) is 18.3 Å². The number of carbonyl (C=O) groups is 1. The van der Waals surface area contributed by atoms with Crippen LogP contribution in [0.2, 0.25) is 0 Å². The number of thiol groups is 1. The van der Waals surface area contributed by atoms with E-state index in [9.17, 15) is 9.90 Å². The molecule has 0 saturated heterocycles. The Hall–Kier alpha value is -1.94. The number of aliphatic hydroxyl groups is 1. The molecule has 2 N–H and O–H groups in total. The summed E-state index contributed by atoms with van der Waals surface area (Å²) in [4.78, 5) is 17.7. The largest absolute Gasteiger partial charge is 0.389 e. The van der Waals surface area contributed by atoms with Gasteiger partial charge in [0, 0.05) is 32.0 Å². The smallest absolute Gasteiger partial charge is 0.273 e. The zero-order valence-corrected chi connectivity index (χ0v) is 17.9. The fraction of sp³-hybridized carbons (Fsp3) is 0.550. The van der Waals surface area contributed by atoms with E-state index in [0.717, 1.165) is 30.0 Å². The number of carbonyl (C=O) groups excluding carboxylic acids is 1. The first-order valence-electron chi connectivity index (χ1n) is 9.90. The van der Waals surface area contributed by atoms with Crippen LogP contribution in [0.3, 0.4) is 0 Å². The third-order valence-corrected chi connectivity index (χ3v) is 4.59. The quantitative estimate of drug-likeness (QED) is 0.259. The van der Waals surface area contributed by atoms with Crippen LogP contribution in [-0.4, -0.2) is 65.2 Å². The molecular formula is C20H30N4O4S. The molecule has 1 unspecified atom stereocenters. The van der Waals surface area contributed by atoms with Crippen molar-refractivity contribution in [1.29, 1.82) is 0 Å². The SMILES string of the molecule is CCCCCOCC(O)CNCCN(Oc1nnc(S)c2ccccc12)C(C)=O. The summed E-state index contributed by atoms with van der Waals surface area (Å²) in [5.41, 5.74) is 0. The van der Waals surface area contributed by atoms with Crippen LogP contribution in [0.4, 0.5) is 0 Å². The number of fused-ring (bicyclic) bond motifs is 1. The number of nitrogens with zero attached hydrogens (tertiary/aromatic N) is 3. The zero-order chi connectivity index (χ0) is 21.1. The molecule has 1 aromatic heterocycles. The van der Waals surface area contributed by atoms with Crippen molar-refractivity contribution < 1.29 is 19.5 Å². The van der Waals surface area contributed by atoms with Gasteiger partial charge in [0.05, 0.1) is 24.6 Å². The van der Waals surface area contributed by atoms with E-state index < -0.39 is 6.10 Å². The third-order valence-electron chi connectivity index (χ3n) is 4.26. The lowest BCUT2D eigenvalue weighted by atomic mass is 10.2. The van der Waals surface area contributed by atoms with Gasteiger partial charge in [0.25, 0.3) is 11.8 Å². The van der Waals surface area contributed by atoms with Gasteiger partial charge in [0.15, 0.2) is 0 Å². The molecule has 1 aromatic carbocycles. The molecule has 0 spiro atoms. The molecule has 0 saturated carbocycles. The number of hydrogen-bond donors (Lipinski definition) is 3. The van der Waals surface area contributed by atoms with Gasteiger partial charge in [-0.2, -0.15) is 5.06 Å². The van der Waals surface area contributed by atoms with E-state index in [0.29, 0.717) is 31.3 Å². The summed E-state index contributed by atoms with van der Waals surface area (Å²) >= 11 is 4.30.